The highest BCUT2D eigenvalue weighted by atomic mass is 16.5. The second kappa shape index (κ2) is 6.61. The maximum Gasteiger partial charge on any atom is 0.240 e. The zero-order valence-electron chi connectivity index (χ0n) is 11.6. The van der Waals surface area contributed by atoms with Crippen LogP contribution in [0.4, 0.5) is 5.69 Å². The zero-order chi connectivity index (χ0) is 13.7. The van der Waals surface area contributed by atoms with Crippen molar-refractivity contribution in [3.8, 4) is 11.8 Å². The van der Waals surface area contributed by atoms with Gasteiger partial charge in [0, 0.05) is 19.3 Å². The molecule has 0 unspecified atom stereocenters. The summed E-state index contributed by atoms with van der Waals surface area (Å²) in [6.45, 7) is 6.20. The van der Waals surface area contributed by atoms with Gasteiger partial charge in [0.1, 0.15) is 0 Å². The minimum atomic E-state index is 0.0422. The van der Waals surface area contributed by atoms with Crippen LogP contribution in [0.3, 0.4) is 0 Å². The molecule has 1 aromatic heterocycles. The lowest BCUT2D eigenvalue weighted by Crippen LogP contribution is -2.21. The normalized spacial score (nSPS) is 16.6. The van der Waals surface area contributed by atoms with E-state index >= 15 is 0 Å². The fraction of sp³-hybridized carbons (Fsp3) is 0.643. The van der Waals surface area contributed by atoms with Crippen LogP contribution in [0.1, 0.15) is 26.7 Å². The quantitative estimate of drug-likeness (QED) is 0.885. The molecule has 0 atom stereocenters. The Morgan fingerprint density at radius 3 is 2.79 bits per heavy atom. The summed E-state index contributed by atoms with van der Waals surface area (Å²) < 4.78 is 16.6. The van der Waals surface area contributed by atoms with E-state index in [9.17, 15) is 0 Å². The molecule has 0 spiro atoms. The number of rotatable bonds is 5. The van der Waals surface area contributed by atoms with Crippen molar-refractivity contribution in [1.82, 2.24) is 4.98 Å². The maximum absolute atomic E-state index is 5.82. The molecule has 0 saturated carbocycles. The number of hydrogen-bond donors (Lipinski definition) is 1. The van der Waals surface area contributed by atoms with Crippen molar-refractivity contribution in [3.05, 3.63) is 12.1 Å². The second-order valence-electron chi connectivity index (χ2n) is 5.08. The Balaban J connectivity index is 1.92. The molecular weight excluding hydrogens is 244 g/mol. The van der Waals surface area contributed by atoms with Crippen LogP contribution >= 0.6 is 0 Å². The molecule has 1 aromatic rings. The largest absolute Gasteiger partial charge is 0.477 e. The van der Waals surface area contributed by atoms with Crippen molar-refractivity contribution in [1.29, 1.82) is 0 Å². The topological polar surface area (TPSA) is 66.6 Å². The minimum Gasteiger partial charge on any atom is -0.477 e. The van der Waals surface area contributed by atoms with Crippen molar-refractivity contribution in [2.45, 2.75) is 32.8 Å². The number of pyridine rings is 1. The molecule has 0 bridgehead atoms. The molecule has 1 saturated heterocycles. The van der Waals surface area contributed by atoms with E-state index in [0.717, 1.165) is 26.1 Å². The summed E-state index contributed by atoms with van der Waals surface area (Å²) in [7, 11) is 0. The van der Waals surface area contributed by atoms with Gasteiger partial charge in [-0.1, -0.05) is 0 Å². The standard InChI is InChI=1S/C14H22N2O3/c1-10(2)19-14-12(15)3-4-13(16-14)18-9-11-5-7-17-8-6-11/h3-4,10-11H,5-9,15H2,1-2H3. The zero-order valence-corrected chi connectivity index (χ0v) is 11.6. The molecule has 5 heteroatoms. The number of nitrogens with two attached hydrogens (primary N) is 1. The Bertz CT molecular complexity index is 404. The summed E-state index contributed by atoms with van der Waals surface area (Å²) in [5.41, 5.74) is 6.35. The molecule has 0 radical (unpaired) electrons. The molecule has 19 heavy (non-hydrogen) atoms. The lowest BCUT2D eigenvalue weighted by atomic mass is 10.0. The van der Waals surface area contributed by atoms with Crippen LogP contribution in [-0.4, -0.2) is 30.9 Å². The van der Waals surface area contributed by atoms with Crippen molar-refractivity contribution in [2.24, 2.45) is 5.92 Å². The number of ether oxygens (including phenoxy) is 3. The Kier molecular flexibility index (Phi) is 4.85. The van der Waals surface area contributed by atoms with Crippen LogP contribution in [-0.2, 0) is 4.74 Å². The molecule has 1 fully saturated rings. The van der Waals surface area contributed by atoms with Gasteiger partial charge in [-0.05, 0) is 38.7 Å². The van der Waals surface area contributed by atoms with Crippen molar-refractivity contribution in [2.75, 3.05) is 25.6 Å². The lowest BCUT2D eigenvalue weighted by molar-refractivity contribution is 0.0489. The highest BCUT2D eigenvalue weighted by Crippen LogP contribution is 2.24. The summed E-state index contributed by atoms with van der Waals surface area (Å²) in [5, 5.41) is 0. The highest BCUT2D eigenvalue weighted by molar-refractivity contribution is 5.49. The molecule has 2 heterocycles. The van der Waals surface area contributed by atoms with E-state index in [1.807, 2.05) is 13.8 Å². The van der Waals surface area contributed by atoms with Crippen molar-refractivity contribution >= 4 is 5.69 Å². The number of hydrogen-bond acceptors (Lipinski definition) is 5. The SMILES string of the molecule is CC(C)Oc1nc(OCC2CCOCC2)ccc1N. The van der Waals surface area contributed by atoms with E-state index < -0.39 is 0 Å². The average molecular weight is 266 g/mol. The van der Waals surface area contributed by atoms with E-state index in [1.165, 1.54) is 0 Å². The van der Waals surface area contributed by atoms with Gasteiger partial charge in [-0.3, -0.25) is 0 Å². The molecule has 0 aromatic carbocycles. The predicted octanol–water partition coefficient (Wildman–Crippen LogP) is 2.26. The number of anilines is 1. The monoisotopic (exact) mass is 266 g/mol. The maximum atomic E-state index is 5.82. The summed E-state index contributed by atoms with van der Waals surface area (Å²) in [4.78, 5) is 4.30. The molecule has 5 nitrogen and oxygen atoms in total. The predicted molar refractivity (Wildman–Crippen MR) is 73.5 cm³/mol. The van der Waals surface area contributed by atoms with E-state index in [-0.39, 0.29) is 6.10 Å². The Morgan fingerprint density at radius 2 is 2.11 bits per heavy atom. The number of nitrogen functional groups attached to an aromatic ring is 1. The molecule has 2 rings (SSSR count). The first-order valence-corrected chi connectivity index (χ1v) is 6.79. The summed E-state index contributed by atoms with van der Waals surface area (Å²) in [5.74, 6) is 1.55. The summed E-state index contributed by atoms with van der Waals surface area (Å²) in [6, 6.07) is 3.55. The number of nitrogens with zero attached hydrogens (tertiary/aromatic N) is 1. The Hall–Kier alpha value is -1.49. The van der Waals surface area contributed by atoms with Gasteiger partial charge in [0.25, 0.3) is 0 Å². The minimum absolute atomic E-state index is 0.0422. The van der Waals surface area contributed by atoms with Gasteiger partial charge in [0.05, 0.1) is 18.4 Å². The Morgan fingerprint density at radius 1 is 1.37 bits per heavy atom. The summed E-state index contributed by atoms with van der Waals surface area (Å²) >= 11 is 0. The summed E-state index contributed by atoms with van der Waals surface area (Å²) in [6.07, 6.45) is 2.13. The van der Waals surface area contributed by atoms with Crippen LogP contribution in [0.15, 0.2) is 12.1 Å². The van der Waals surface area contributed by atoms with E-state index in [4.69, 9.17) is 19.9 Å². The number of aromatic nitrogens is 1. The van der Waals surface area contributed by atoms with E-state index in [0.29, 0.717) is 30.0 Å². The molecule has 106 valence electrons. The van der Waals surface area contributed by atoms with Crippen LogP contribution in [0.2, 0.25) is 0 Å². The third-order valence-corrected chi connectivity index (χ3v) is 3.02. The van der Waals surface area contributed by atoms with Crippen molar-refractivity contribution < 1.29 is 14.2 Å². The van der Waals surface area contributed by atoms with E-state index in [2.05, 4.69) is 4.98 Å². The second-order valence-corrected chi connectivity index (χ2v) is 5.08. The van der Waals surface area contributed by atoms with Gasteiger partial charge >= 0.3 is 0 Å². The van der Waals surface area contributed by atoms with Crippen molar-refractivity contribution in [3.63, 3.8) is 0 Å². The average Bonchev–Trinajstić information content (AvgIpc) is 2.40. The van der Waals surface area contributed by atoms with Gasteiger partial charge in [-0.2, -0.15) is 4.98 Å². The third kappa shape index (κ3) is 4.28. The van der Waals surface area contributed by atoms with Crippen LogP contribution < -0.4 is 15.2 Å². The smallest absolute Gasteiger partial charge is 0.240 e. The van der Waals surface area contributed by atoms with Gasteiger partial charge < -0.3 is 19.9 Å². The lowest BCUT2D eigenvalue weighted by Gasteiger charge is -2.22. The fourth-order valence-electron chi connectivity index (χ4n) is 1.95. The van der Waals surface area contributed by atoms with Gasteiger partial charge in [0.15, 0.2) is 0 Å². The molecule has 0 aliphatic carbocycles. The molecule has 1 aliphatic rings. The molecule has 0 amide bonds. The van der Waals surface area contributed by atoms with Crippen LogP contribution in [0.5, 0.6) is 11.8 Å². The fourth-order valence-corrected chi connectivity index (χ4v) is 1.95. The molecular formula is C14H22N2O3. The van der Waals surface area contributed by atoms with Gasteiger partial charge in [-0.15, -0.1) is 0 Å². The van der Waals surface area contributed by atoms with Gasteiger partial charge in [-0.25, -0.2) is 0 Å². The van der Waals surface area contributed by atoms with Crippen LogP contribution in [0.25, 0.3) is 0 Å². The first-order chi connectivity index (χ1) is 9.15. The molecule has 1 aliphatic heterocycles. The molecule has 2 N–H and O–H groups in total. The van der Waals surface area contributed by atoms with Crippen LogP contribution in [0, 0.1) is 5.92 Å². The first kappa shape index (κ1) is 13.9. The highest BCUT2D eigenvalue weighted by Gasteiger charge is 2.15. The Labute approximate surface area is 114 Å². The van der Waals surface area contributed by atoms with Gasteiger partial charge in [0.2, 0.25) is 11.8 Å². The first-order valence-electron chi connectivity index (χ1n) is 6.79. The third-order valence-electron chi connectivity index (χ3n) is 3.02. The van der Waals surface area contributed by atoms with E-state index in [1.54, 1.807) is 12.1 Å².